The number of carbonyl (C=O) groups is 1. The number of carbonyl (C=O) groups excluding carboxylic acids is 1. The standard InChI is InChI=1S/C15H16BrN3O3S/c16-12-6-2-1-5-11(12)14-18-19-15(22-14)23-9-13(20)17-8-10-4-3-7-21-10/h1-2,5-6,10H,3-4,7-9H2,(H,17,20)/t10-/m1/s1. The first-order valence-corrected chi connectivity index (χ1v) is 9.10. The first-order valence-electron chi connectivity index (χ1n) is 7.32. The van der Waals surface area contributed by atoms with Crippen molar-refractivity contribution < 1.29 is 13.9 Å². The summed E-state index contributed by atoms with van der Waals surface area (Å²) < 4.78 is 11.9. The second-order valence-corrected chi connectivity index (χ2v) is 6.86. The van der Waals surface area contributed by atoms with E-state index in [1.54, 1.807) is 0 Å². The highest BCUT2D eigenvalue weighted by atomic mass is 79.9. The van der Waals surface area contributed by atoms with Crippen molar-refractivity contribution in [2.75, 3.05) is 18.9 Å². The van der Waals surface area contributed by atoms with Crippen molar-refractivity contribution in [1.29, 1.82) is 0 Å². The van der Waals surface area contributed by atoms with Crippen LogP contribution < -0.4 is 5.32 Å². The molecule has 0 unspecified atom stereocenters. The summed E-state index contributed by atoms with van der Waals surface area (Å²) in [5.74, 6) is 0.607. The quantitative estimate of drug-likeness (QED) is 0.755. The van der Waals surface area contributed by atoms with Gasteiger partial charge in [-0.05, 0) is 40.9 Å². The van der Waals surface area contributed by atoms with E-state index in [9.17, 15) is 4.79 Å². The van der Waals surface area contributed by atoms with Gasteiger partial charge < -0.3 is 14.5 Å². The number of hydrogen-bond donors (Lipinski definition) is 1. The fourth-order valence-electron chi connectivity index (χ4n) is 2.22. The monoisotopic (exact) mass is 397 g/mol. The lowest BCUT2D eigenvalue weighted by Gasteiger charge is -2.09. The van der Waals surface area contributed by atoms with Crippen molar-refractivity contribution >= 4 is 33.6 Å². The largest absolute Gasteiger partial charge is 0.411 e. The van der Waals surface area contributed by atoms with Gasteiger partial charge in [0.15, 0.2) is 0 Å². The van der Waals surface area contributed by atoms with E-state index in [4.69, 9.17) is 9.15 Å². The number of nitrogens with one attached hydrogen (secondary N) is 1. The van der Waals surface area contributed by atoms with Crippen LogP contribution in [0, 0.1) is 0 Å². The van der Waals surface area contributed by atoms with Crippen LogP contribution in [0.4, 0.5) is 0 Å². The van der Waals surface area contributed by atoms with E-state index in [0.717, 1.165) is 29.5 Å². The van der Waals surface area contributed by atoms with Crippen LogP contribution >= 0.6 is 27.7 Å². The molecule has 6 nitrogen and oxygen atoms in total. The van der Waals surface area contributed by atoms with Crippen molar-refractivity contribution in [1.82, 2.24) is 15.5 Å². The molecule has 1 aromatic heterocycles. The molecule has 1 aliphatic heterocycles. The van der Waals surface area contributed by atoms with Crippen molar-refractivity contribution in [2.45, 2.75) is 24.2 Å². The smallest absolute Gasteiger partial charge is 0.277 e. The van der Waals surface area contributed by atoms with Crippen LogP contribution in [-0.2, 0) is 9.53 Å². The molecule has 2 heterocycles. The molecule has 2 aromatic rings. The third kappa shape index (κ3) is 4.55. The van der Waals surface area contributed by atoms with Crippen LogP contribution in [-0.4, -0.2) is 41.1 Å². The number of hydrogen-bond acceptors (Lipinski definition) is 6. The van der Waals surface area contributed by atoms with Gasteiger partial charge in [-0.3, -0.25) is 4.79 Å². The molecule has 1 aliphatic rings. The Bertz CT molecular complexity index is 673. The highest BCUT2D eigenvalue weighted by Gasteiger charge is 2.17. The second kappa shape index (κ2) is 7.94. The minimum Gasteiger partial charge on any atom is -0.411 e. The van der Waals surface area contributed by atoms with Crippen molar-refractivity contribution in [3.8, 4) is 11.5 Å². The van der Waals surface area contributed by atoms with Crippen LogP contribution in [0.15, 0.2) is 38.4 Å². The third-order valence-electron chi connectivity index (χ3n) is 3.39. The average molecular weight is 398 g/mol. The average Bonchev–Trinajstić information content (AvgIpc) is 3.23. The van der Waals surface area contributed by atoms with E-state index < -0.39 is 0 Å². The molecule has 3 rings (SSSR count). The van der Waals surface area contributed by atoms with E-state index in [1.807, 2.05) is 24.3 Å². The van der Waals surface area contributed by atoms with Gasteiger partial charge in [-0.2, -0.15) is 0 Å². The Hall–Kier alpha value is -1.38. The van der Waals surface area contributed by atoms with Gasteiger partial charge in [0.1, 0.15) is 0 Å². The highest BCUT2D eigenvalue weighted by Crippen LogP contribution is 2.28. The molecule has 0 saturated carbocycles. The highest BCUT2D eigenvalue weighted by molar-refractivity contribution is 9.10. The van der Waals surface area contributed by atoms with Crippen LogP contribution in [0.2, 0.25) is 0 Å². The summed E-state index contributed by atoms with van der Waals surface area (Å²) in [5, 5.41) is 11.2. The van der Waals surface area contributed by atoms with E-state index in [-0.39, 0.29) is 17.8 Å². The summed E-state index contributed by atoms with van der Waals surface area (Å²) in [6.45, 7) is 1.35. The summed E-state index contributed by atoms with van der Waals surface area (Å²) in [7, 11) is 0. The van der Waals surface area contributed by atoms with Crippen molar-refractivity contribution in [3.63, 3.8) is 0 Å². The van der Waals surface area contributed by atoms with E-state index >= 15 is 0 Å². The van der Waals surface area contributed by atoms with E-state index in [1.165, 1.54) is 11.8 Å². The Morgan fingerprint density at radius 3 is 3.04 bits per heavy atom. The molecule has 1 N–H and O–H groups in total. The molecule has 0 spiro atoms. The van der Waals surface area contributed by atoms with Crippen LogP contribution in [0.25, 0.3) is 11.5 Å². The lowest BCUT2D eigenvalue weighted by atomic mass is 10.2. The van der Waals surface area contributed by atoms with Gasteiger partial charge in [-0.1, -0.05) is 23.9 Å². The molecule has 1 saturated heterocycles. The molecule has 8 heteroatoms. The predicted octanol–water partition coefficient (Wildman–Crippen LogP) is 2.89. The molecule has 1 aromatic carbocycles. The number of amides is 1. The summed E-state index contributed by atoms with van der Waals surface area (Å²) in [5.41, 5.74) is 0.828. The van der Waals surface area contributed by atoms with Crippen LogP contribution in [0.1, 0.15) is 12.8 Å². The van der Waals surface area contributed by atoms with Crippen molar-refractivity contribution in [2.24, 2.45) is 0 Å². The minimum atomic E-state index is -0.0638. The number of thioether (sulfide) groups is 1. The summed E-state index contributed by atoms with van der Waals surface area (Å²) >= 11 is 4.67. The van der Waals surface area contributed by atoms with Gasteiger partial charge >= 0.3 is 0 Å². The second-order valence-electron chi connectivity index (χ2n) is 5.08. The zero-order valence-corrected chi connectivity index (χ0v) is 14.7. The number of rotatable bonds is 6. The third-order valence-corrected chi connectivity index (χ3v) is 4.90. The molecular weight excluding hydrogens is 382 g/mol. The van der Waals surface area contributed by atoms with Gasteiger partial charge in [-0.15, -0.1) is 10.2 Å². The number of halogens is 1. The van der Waals surface area contributed by atoms with Gasteiger partial charge in [0.25, 0.3) is 5.22 Å². The molecular formula is C15H16BrN3O3S. The first-order chi connectivity index (χ1) is 11.2. The molecule has 0 aliphatic carbocycles. The van der Waals surface area contributed by atoms with Gasteiger partial charge in [0.2, 0.25) is 11.8 Å². The lowest BCUT2D eigenvalue weighted by molar-refractivity contribution is -0.119. The molecule has 122 valence electrons. The Labute approximate surface area is 146 Å². The van der Waals surface area contributed by atoms with Gasteiger partial charge in [0.05, 0.1) is 17.4 Å². The molecule has 1 fully saturated rings. The maximum absolute atomic E-state index is 11.8. The van der Waals surface area contributed by atoms with Crippen LogP contribution in [0.5, 0.6) is 0 Å². The summed E-state index contributed by atoms with van der Waals surface area (Å²) in [6.07, 6.45) is 2.22. The normalized spacial score (nSPS) is 17.3. The molecule has 1 atom stereocenters. The zero-order valence-electron chi connectivity index (χ0n) is 12.3. The fraction of sp³-hybridized carbons (Fsp3) is 0.400. The molecule has 0 radical (unpaired) electrons. The maximum atomic E-state index is 11.8. The SMILES string of the molecule is O=C(CSc1nnc(-c2ccccc2Br)o1)NC[C@H]1CCCO1. The zero-order chi connectivity index (χ0) is 16.1. The Morgan fingerprint density at radius 1 is 1.39 bits per heavy atom. The Kier molecular flexibility index (Phi) is 5.69. The molecule has 23 heavy (non-hydrogen) atoms. The fourth-order valence-corrected chi connectivity index (χ4v) is 3.27. The summed E-state index contributed by atoms with van der Waals surface area (Å²) in [6, 6.07) is 7.61. The first kappa shape index (κ1) is 16.5. The number of ether oxygens (including phenoxy) is 1. The van der Waals surface area contributed by atoms with Crippen LogP contribution in [0.3, 0.4) is 0 Å². The van der Waals surface area contributed by atoms with Gasteiger partial charge in [-0.25, -0.2) is 0 Å². The molecule has 0 bridgehead atoms. The Morgan fingerprint density at radius 2 is 2.26 bits per heavy atom. The number of aromatic nitrogens is 2. The van der Waals surface area contributed by atoms with Crippen molar-refractivity contribution in [3.05, 3.63) is 28.7 Å². The number of benzene rings is 1. The number of nitrogens with zero attached hydrogens (tertiary/aromatic N) is 2. The topological polar surface area (TPSA) is 77.2 Å². The summed E-state index contributed by atoms with van der Waals surface area (Å²) in [4.78, 5) is 11.8. The maximum Gasteiger partial charge on any atom is 0.277 e. The van der Waals surface area contributed by atoms with E-state index in [0.29, 0.717) is 17.7 Å². The molecule has 1 amide bonds. The minimum absolute atomic E-state index is 0.0638. The van der Waals surface area contributed by atoms with E-state index in [2.05, 4.69) is 31.4 Å². The predicted molar refractivity (Wildman–Crippen MR) is 90.1 cm³/mol. The Balaban J connectivity index is 1.49. The lowest BCUT2D eigenvalue weighted by Crippen LogP contribution is -2.32. The van der Waals surface area contributed by atoms with Gasteiger partial charge in [0, 0.05) is 17.6 Å².